The third kappa shape index (κ3) is 4.46. The highest BCUT2D eigenvalue weighted by atomic mass is 32.1. The van der Waals surface area contributed by atoms with Gasteiger partial charge in [0.1, 0.15) is 11.6 Å². The van der Waals surface area contributed by atoms with Crippen molar-refractivity contribution in [3.05, 3.63) is 51.0 Å². The summed E-state index contributed by atoms with van der Waals surface area (Å²) in [5.41, 5.74) is 2.76. The number of nitriles is 1. The molecule has 2 heterocycles. The Morgan fingerprint density at radius 3 is 2.76 bits per heavy atom. The van der Waals surface area contributed by atoms with Crippen molar-refractivity contribution in [2.45, 2.75) is 33.7 Å². The fraction of sp³-hybridized carbons (Fsp3) is 0.316. The van der Waals surface area contributed by atoms with Crippen molar-refractivity contribution in [3.8, 4) is 6.07 Å². The Kier molecular flexibility index (Phi) is 6.31. The number of aryl methyl sites for hydroxylation is 1. The molecule has 0 aromatic carbocycles. The van der Waals surface area contributed by atoms with E-state index in [1.165, 1.54) is 17.4 Å². The summed E-state index contributed by atoms with van der Waals surface area (Å²) in [6.07, 6.45) is 2.52. The first-order valence-electron chi connectivity index (χ1n) is 8.00. The Morgan fingerprint density at radius 1 is 1.40 bits per heavy atom. The average molecular weight is 356 g/mol. The number of Topliss-reactive ketones (excluding diaryl/α,β-unsaturated/α-hetero) is 1. The highest BCUT2D eigenvalue weighted by Crippen LogP contribution is 2.19. The van der Waals surface area contributed by atoms with E-state index in [9.17, 15) is 14.9 Å². The van der Waals surface area contributed by atoms with Crippen molar-refractivity contribution >= 4 is 29.2 Å². The van der Waals surface area contributed by atoms with Crippen molar-refractivity contribution in [1.29, 1.82) is 5.26 Å². The van der Waals surface area contributed by atoms with Gasteiger partial charge in [0, 0.05) is 17.9 Å². The van der Waals surface area contributed by atoms with Crippen molar-refractivity contribution in [3.63, 3.8) is 0 Å². The average Bonchev–Trinajstić information content (AvgIpc) is 3.22. The van der Waals surface area contributed by atoms with Crippen LogP contribution < -0.4 is 0 Å². The number of ether oxygens (including phenoxy) is 1. The Morgan fingerprint density at radius 2 is 2.16 bits per heavy atom. The number of aromatic nitrogens is 1. The van der Waals surface area contributed by atoms with Gasteiger partial charge in [-0.05, 0) is 49.4 Å². The van der Waals surface area contributed by atoms with Crippen molar-refractivity contribution in [2.75, 3.05) is 6.61 Å². The van der Waals surface area contributed by atoms with Gasteiger partial charge in [-0.15, -0.1) is 11.3 Å². The van der Waals surface area contributed by atoms with E-state index in [-0.39, 0.29) is 18.0 Å². The number of carbonyl (C=O) groups is 2. The number of carbonyl (C=O) groups excluding carboxylic acids is 2. The lowest BCUT2D eigenvalue weighted by atomic mass is 10.1. The topological polar surface area (TPSA) is 72.1 Å². The Labute approximate surface area is 151 Å². The number of hydrogen-bond donors (Lipinski definition) is 0. The number of rotatable bonds is 7. The molecule has 0 amide bonds. The summed E-state index contributed by atoms with van der Waals surface area (Å²) >= 11 is 1.29. The summed E-state index contributed by atoms with van der Waals surface area (Å²) in [5, 5.41) is 11.0. The Balaban J connectivity index is 2.12. The highest BCUT2D eigenvalue weighted by Gasteiger charge is 2.16. The van der Waals surface area contributed by atoms with Gasteiger partial charge in [-0.2, -0.15) is 5.26 Å². The minimum Gasteiger partial charge on any atom is -0.453 e. The second-order valence-electron chi connectivity index (χ2n) is 5.62. The number of hydrogen-bond acceptors (Lipinski definition) is 5. The second kappa shape index (κ2) is 8.45. The first-order valence-corrected chi connectivity index (χ1v) is 8.88. The fourth-order valence-corrected chi connectivity index (χ4v) is 3.20. The van der Waals surface area contributed by atoms with Crippen LogP contribution in [-0.4, -0.2) is 22.9 Å². The smallest absolute Gasteiger partial charge is 0.349 e. The first-order chi connectivity index (χ1) is 12.0. The van der Waals surface area contributed by atoms with Crippen LogP contribution in [0.2, 0.25) is 0 Å². The monoisotopic (exact) mass is 356 g/mol. The van der Waals surface area contributed by atoms with Gasteiger partial charge in [0.15, 0.2) is 6.61 Å². The molecular formula is C19H20N2O3S. The zero-order valence-corrected chi connectivity index (χ0v) is 15.4. The summed E-state index contributed by atoms with van der Waals surface area (Å²) in [7, 11) is 0. The normalized spacial score (nSPS) is 11.2. The van der Waals surface area contributed by atoms with Crippen LogP contribution in [0.5, 0.6) is 0 Å². The summed E-state index contributed by atoms with van der Waals surface area (Å²) in [5.74, 6) is -1.06. The van der Waals surface area contributed by atoms with Gasteiger partial charge in [0.05, 0.1) is 4.88 Å². The number of ketones is 1. The third-order valence-electron chi connectivity index (χ3n) is 3.83. The van der Waals surface area contributed by atoms with Crippen LogP contribution >= 0.6 is 11.3 Å². The Hall–Kier alpha value is -2.65. The summed E-state index contributed by atoms with van der Waals surface area (Å²) in [6.45, 7) is 6.55. The molecule has 5 nitrogen and oxygen atoms in total. The maximum Gasteiger partial charge on any atom is 0.349 e. The van der Waals surface area contributed by atoms with E-state index in [0.717, 1.165) is 29.9 Å². The van der Waals surface area contributed by atoms with Crippen LogP contribution in [0.15, 0.2) is 29.2 Å². The molecule has 0 aliphatic rings. The van der Waals surface area contributed by atoms with E-state index >= 15 is 0 Å². The maximum absolute atomic E-state index is 12.1. The van der Waals surface area contributed by atoms with Crippen molar-refractivity contribution < 1.29 is 14.3 Å². The molecule has 6 heteroatoms. The summed E-state index contributed by atoms with van der Waals surface area (Å²) in [6, 6.07) is 7.23. The lowest BCUT2D eigenvalue weighted by Gasteiger charge is -2.07. The van der Waals surface area contributed by atoms with Gasteiger partial charge in [0.2, 0.25) is 5.78 Å². The predicted octanol–water partition coefficient (Wildman–Crippen LogP) is 3.91. The van der Waals surface area contributed by atoms with Crippen molar-refractivity contribution in [1.82, 2.24) is 4.57 Å². The van der Waals surface area contributed by atoms with E-state index in [2.05, 4.69) is 11.5 Å². The van der Waals surface area contributed by atoms with Crippen LogP contribution in [-0.2, 0) is 16.1 Å². The van der Waals surface area contributed by atoms with E-state index in [1.807, 2.05) is 26.0 Å². The molecule has 2 aromatic heterocycles. The highest BCUT2D eigenvalue weighted by molar-refractivity contribution is 7.12. The van der Waals surface area contributed by atoms with Crippen LogP contribution in [0.25, 0.3) is 6.08 Å². The van der Waals surface area contributed by atoms with Gasteiger partial charge in [0.25, 0.3) is 0 Å². The SMILES string of the molecule is CCCn1c(C)cc(/C=C(\C#N)C(=O)OCC(=O)c2cccs2)c1C. The molecular weight excluding hydrogens is 336 g/mol. The van der Waals surface area contributed by atoms with Crippen LogP contribution in [0.1, 0.15) is 40.0 Å². The minimum atomic E-state index is -0.785. The number of nitrogens with zero attached hydrogens (tertiary/aromatic N) is 2. The van der Waals surface area contributed by atoms with Crippen molar-refractivity contribution in [2.24, 2.45) is 0 Å². The largest absolute Gasteiger partial charge is 0.453 e. The number of esters is 1. The second-order valence-corrected chi connectivity index (χ2v) is 6.57. The molecule has 0 spiro atoms. The van der Waals surface area contributed by atoms with Gasteiger partial charge in [-0.3, -0.25) is 4.79 Å². The minimum absolute atomic E-state index is 0.115. The van der Waals surface area contributed by atoms with Crippen LogP contribution in [0.4, 0.5) is 0 Å². The van der Waals surface area contributed by atoms with E-state index in [0.29, 0.717) is 4.88 Å². The molecule has 0 unspecified atom stereocenters. The van der Waals surface area contributed by atoms with E-state index in [4.69, 9.17) is 4.74 Å². The Bertz CT molecular complexity index is 839. The molecule has 130 valence electrons. The molecule has 0 aliphatic carbocycles. The number of thiophene rings is 1. The first kappa shape index (κ1) is 18.7. The van der Waals surface area contributed by atoms with Crippen LogP contribution in [0, 0.1) is 25.2 Å². The lowest BCUT2D eigenvalue weighted by molar-refractivity contribution is -0.137. The molecule has 25 heavy (non-hydrogen) atoms. The van der Waals surface area contributed by atoms with Gasteiger partial charge >= 0.3 is 5.97 Å². The molecule has 0 bridgehead atoms. The zero-order chi connectivity index (χ0) is 18.4. The molecule has 2 aromatic rings. The quantitative estimate of drug-likeness (QED) is 0.326. The summed E-state index contributed by atoms with van der Waals surface area (Å²) in [4.78, 5) is 24.5. The molecule has 0 atom stereocenters. The molecule has 0 N–H and O–H groups in total. The zero-order valence-electron chi connectivity index (χ0n) is 14.5. The van der Waals surface area contributed by atoms with Gasteiger partial charge < -0.3 is 9.30 Å². The third-order valence-corrected chi connectivity index (χ3v) is 4.74. The molecule has 0 aliphatic heterocycles. The maximum atomic E-state index is 12.1. The van der Waals surface area contributed by atoms with Gasteiger partial charge in [-0.1, -0.05) is 13.0 Å². The standard InChI is InChI=1S/C19H20N2O3S/c1-4-7-21-13(2)9-15(14(21)3)10-16(11-20)19(23)24-12-17(22)18-6-5-8-25-18/h5-6,8-10H,4,7,12H2,1-3H3/b16-10+. The lowest BCUT2D eigenvalue weighted by Crippen LogP contribution is -2.14. The molecule has 0 saturated carbocycles. The molecule has 0 radical (unpaired) electrons. The molecule has 0 saturated heterocycles. The fourth-order valence-electron chi connectivity index (χ4n) is 2.55. The molecule has 2 rings (SSSR count). The van der Waals surface area contributed by atoms with Gasteiger partial charge in [-0.25, -0.2) is 4.79 Å². The predicted molar refractivity (Wildman–Crippen MR) is 97.4 cm³/mol. The van der Waals surface area contributed by atoms with Crippen LogP contribution in [0.3, 0.4) is 0 Å². The van der Waals surface area contributed by atoms with E-state index in [1.54, 1.807) is 17.5 Å². The summed E-state index contributed by atoms with van der Waals surface area (Å²) < 4.78 is 7.14. The molecule has 0 fully saturated rings. The van der Waals surface area contributed by atoms with E-state index < -0.39 is 5.97 Å².